The quantitative estimate of drug-likeness (QED) is 0.216. The lowest BCUT2D eigenvalue weighted by Gasteiger charge is -2.32. The van der Waals surface area contributed by atoms with E-state index in [4.69, 9.17) is 25.7 Å². The number of benzene rings is 1. The number of halogens is 1. The molecule has 9 nitrogen and oxygen atoms in total. The topological polar surface area (TPSA) is 94.5 Å². The molecule has 1 fully saturated rings. The monoisotopic (exact) mass is 551 g/mol. The summed E-state index contributed by atoms with van der Waals surface area (Å²) in [5, 5.41) is 7.62. The maximum atomic E-state index is 6.61. The van der Waals surface area contributed by atoms with Crippen LogP contribution in [-0.4, -0.2) is 84.2 Å². The summed E-state index contributed by atoms with van der Waals surface area (Å²) in [6.45, 7) is 8.21. The molecular weight excluding hydrogens is 514 g/mol. The number of nitrogens with one attached hydrogen (secondary N) is 3. The van der Waals surface area contributed by atoms with Crippen LogP contribution < -0.4 is 15.4 Å². The van der Waals surface area contributed by atoms with Gasteiger partial charge in [0.2, 0.25) is 0 Å². The van der Waals surface area contributed by atoms with Gasteiger partial charge in [0.1, 0.15) is 35.2 Å². The van der Waals surface area contributed by atoms with Crippen LogP contribution in [0.2, 0.25) is 5.02 Å². The van der Waals surface area contributed by atoms with Crippen LogP contribution in [0.1, 0.15) is 24.4 Å². The molecule has 3 N–H and O–H groups in total. The number of anilines is 1. The number of rotatable bonds is 12. The second kappa shape index (κ2) is 12.8. The molecule has 5 rings (SSSR count). The van der Waals surface area contributed by atoms with Crippen molar-refractivity contribution in [3.63, 3.8) is 0 Å². The van der Waals surface area contributed by atoms with Crippen molar-refractivity contribution in [2.75, 3.05) is 58.7 Å². The van der Waals surface area contributed by atoms with Crippen LogP contribution in [0, 0.1) is 6.92 Å². The van der Waals surface area contributed by atoms with E-state index < -0.39 is 0 Å². The fraction of sp³-hybridized carbons (Fsp3) is 0.448. The Balaban J connectivity index is 1.18. The standard InChI is InChI=1S/C29H38ClN7O2/c1-20-4-7-24(39-20)19-37-14-10-22(11-15-37)33-26-25(30)18-32-29-27(26)34-28(35-29)21-5-8-23(9-6-21)38-17-13-31-12-16-36(2)3/h4-9,18,22,31H,10-17,19H2,1-3H3,(H2,32,33,34,35). The van der Waals surface area contributed by atoms with Gasteiger partial charge in [-0.1, -0.05) is 11.6 Å². The van der Waals surface area contributed by atoms with Gasteiger partial charge < -0.3 is 29.7 Å². The Hall–Kier alpha value is -3.11. The summed E-state index contributed by atoms with van der Waals surface area (Å²) in [5.41, 5.74) is 3.28. The van der Waals surface area contributed by atoms with Gasteiger partial charge in [-0.3, -0.25) is 4.90 Å². The van der Waals surface area contributed by atoms with Gasteiger partial charge >= 0.3 is 0 Å². The fourth-order valence-corrected chi connectivity index (χ4v) is 5.01. The first-order valence-electron chi connectivity index (χ1n) is 13.6. The van der Waals surface area contributed by atoms with Crippen LogP contribution in [0.3, 0.4) is 0 Å². The average molecular weight is 552 g/mol. The molecule has 0 aliphatic carbocycles. The van der Waals surface area contributed by atoms with Crippen molar-refractivity contribution in [3.8, 4) is 17.1 Å². The SMILES string of the molecule is Cc1ccc(CN2CCC(Nc3c(Cl)cnc4[nH]c(-c5ccc(OCCNCCN(C)C)cc5)nc34)CC2)o1. The van der Waals surface area contributed by atoms with Crippen molar-refractivity contribution in [3.05, 3.63) is 59.1 Å². The summed E-state index contributed by atoms with van der Waals surface area (Å²) in [7, 11) is 4.14. The van der Waals surface area contributed by atoms with E-state index in [2.05, 4.69) is 50.6 Å². The van der Waals surface area contributed by atoms with Crippen LogP contribution in [0.25, 0.3) is 22.6 Å². The minimum Gasteiger partial charge on any atom is -0.492 e. The number of H-pyrrole nitrogens is 1. The minimum atomic E-state index is 0.316. The van der Waals surface area contributed by atoms with Crippen molar-refractivity contribution in [2.24, 2.45) is 0 Å². The second-order valence-corrected chi connectivity index (χ2v) is 10.8. The summed E-state index contributed by atoms with van der Waals surface area (Å²) in [5.74, 6) is 3.57. The lowest BCUT2D eigenvalue weighted by atomic mass is 10.0. The number of piperidine rings is 1. The number of aromatic nitrogens is 3. The Bertz CT molecular complexity index is 1340. The summed E-state index contributed by atoms with van der Waals surface area (Å²) < 4.78 is 11.6. The molecule has 0 bridgehead atoms. The third-order valence-corrected chi connectivity index (χ3v) is 7.28. The highest BCUT2D eigenvalue weighted by Crippen LogP contribution is 2.32. The highest BCUT2D eigenvalue weighted by atomic mass is 35.5. The lowest BCUT2D eigenvalue weighted by Crippen LogP contribution is -2.38. The number of nitrogens with zero attached hydrogens (tertiary/aromatic N) is 4. The largest absolute Gasteiger partial charge is 0.492 e. The van der Waals surface area contributed by atoms with Gasteiger partial charge in [-0.05, 0) is 70.3 Å². The van der Waals surface area contributed by atoms with E-state index in [1.165, 1.54) is 0 Å². The molecule has 0 atom stereocenters. The molecule has 0 amide bonds. The van der Waals surface area contributed by atoms with Crippen molar-refractivity contribution >= 4 is 28.5 Å². The number of hydrogen-bond acceptors (Lipinski definition) is 8. The van der Waals surface area contributed by atoms with Crippen molar-refractivity contribution < 1.29 is 9.15 Å². The predicted molar refractivity (Wildman–Crippen MR) is 157 cm³/mol. The number of aromatic amines is 1. The summed E-state index contributed by atoms with van der Waals surface area (Å²) in [6.07, 6.45) is 3.72. The molecule has 1 saturated heterocycles. The number of hydrogen-bond donors (Lipinski definition) is 3. The zero-order valence-electron chi connectivity index (χ0n) is 23.0. The molecule has 3 aromatic heterocycles. The Labute approximate surface area is 234 Å². The van der Waals surface area contributed by atoms with E-state index in [-0.39, 0.29) is 0 Å². The number of likely N-dealkylation sites (N-methyl/N-ethyl adjacent to an activating group) is 1. The molecule has 39 heavy (non-hydrogen) atoms. The fourth-order valence-electron chi connectivity index (χ4n) is 4.81. The Kier molecular flexibility index (Phi) is 9.03. The van der Waals surface area contributed by atoms with E-state index in [1.54, 1.807) is 6.20 Å². The van der Waals surface area contributed by atoms with E-state index in [1.807, 2.05) is 37.3 Å². The maximum absolute atomic E-state index is 6.61. The third kappa shape index (κ3) is 7.30. The zero-order valence-corrected chi connectivity index (χ0v) is 23.7. The molecule has 0 spiro atoms. The molecular formula is C29H38ClN7O2. The molecule has 0 radical (unpaired) electrons. The second-order valence-electron chi connectivity index (χ2n) is 10.4. The van der Waals surface area contributed by atoms with Crippen LogP contribution in [0.5, 0.6) is 5.75 Å². The number of ether oxygens (including phenoxy) is 1. The van der Waals surface area contributed by atoms with Gasteiger partial charge in [-0.15, -0.1) is 0 Å². The van der Waals surface area contributed by atoms with E-state index in [9.17, 15) is 0 Å². The van der Waals surface area contributed by atoms with Crippen molar-refractivity contribution in [2.45, 2.75) is 32.4 Å². The Morgan fingerprint density at radius 3 is 2.64 bits per heavy atom. The molecule has 1 aliphatic heterocycles. The third-order valence-electron chi connectivity index (χ3n) is 6.99. The van der Waals surface area contributed by atoms with Gasteiger partial charge in [-0.2, -0.15) is 0 Å². The highest BCUT2D eigenvalue weighted by molar-refractivity contribution is 6.34. The summed E-state index contributed by atoms with van der Waals surface area (Å²) >= 11 is 6.61. The minimum absolute atomic E-state index is 0.316. The predicted octanol–water partition coefficient (Wildman–Crippen LogP) is 4.79. The van der Waals surface area contributed by atoms with E-state index in [0.717, 1.165) is 92.0 Å². The van der Waals surface area contributed by atoms with E-state index in [0.29, 0.717) is 23.3 Å². The number of pyridine rings is 1. The first-order valence-corrected chi connectivity index (χ1v) is 14.0. The van der Waals surface area contributed by atoms with Crippen molar-refractivity contribution in [1.82, 2.24) is 30.1 Å². The molecule has 4 aromatic rings. The first-order chi connectivity index (χ1) is 18.9. The molecule has 0 saturated carbocycles. The lowest BCUT2D eigenvalue weighted by molar-refractivity contribution is 0.196. The molecule has 4 heterocycles. The zero-order chi connectivity index (χ0) is 27.2. The summed E-state index contributed by atoms with van der Waals surface area (Å²) in [6, 6.07) is 12.4. The summed E-state index contributed by atoms with van der Waals surface area (Å²) in [4.78, 5) is 17.3. The average Bonchev–Trinajstić information content (AvgIpc) is 3.55. The van der Waals surface area contributed by atoms with Gasteiger partial charge in [0.15, 0.2) is 5.65 Å². The smallest absolute Gasteiger partial charge is 0.159 e. The molecule has 10 heteroatoms. The number of fused-ring (bicyclic) bond motifs is 1. The number of likely N-dealkylation sites (tertiary alicyclic amines) is 1. The first kappa shape index (κ1) is 27.5. The Morgan fingerprint density at radius 1 is 1.13 bits per heavy atom. The Morgan fingerprint density at radius 2 is 1.92 bits per heavy atom. The van der Waals surface area contributed by atoms with Gasteiger partial charge in [0.25, 0.3) is 0 Å². The van der Waals surface area contributed by atoms with Gasteiger partial charge in [0, 0.05) is 44.3 Å². The molecule has 0 unspecified atom stereocenters. The van der Waals surface area contributed by atoms with Crippen LogP contribution in [-0.2, 0) is 6.54 Å². The van der Waals surface area contributed by atoms with Crippen LogP contribution >= 0.6 is 11.6 Å². The number of aryl methyl sites for hydroxylation is 1. The van der Waals surface area contributed by atoms with E-state index >= 15 is 0 Å². The molecule has 208 valence electrons. The van der Waals surface area contributed by atoms with Crippen LogP contribution in [0.4, 0.5) is 5.69 Å². The molecule has 1 aliphatic rings. The normalized spacial score (nSPS) is 14.9. The number of imidazole rings is 1. The van der Waals surface area contributed by atoms with Gasteiger partial charge in [-0.25, -0.2) is 9.97 Å². The maximum Gasteiger partial charge on any atom is 0.159 e. The van der Waals surface area contributed by atoms with Crippen molar-refractivity contribution in [1.29, 1.82) is 0 Å². The highest BCUT2D eigenvalue weighted by Gasteiger charge is 2.22. The number of furan rings is 1. The molecule has 1 aromatic carbocycles. The van der Waals surface area contributed by atoms with Crippen LogP contribution in [0.15, 0.2) is 47.0 Å². The van der Waals surface area contributed by atoms with Gasteiger partial charge in [0.05, 0.1) is 23.5 Å².